The summed E-state index contributed by atoms with van der Waals surface area (Å²) in [5.74, 6) is 0. The van der Waals surface area contributed by atoms with E-state index in [1.807, 2.05) is 6.92 Å². The average Bonchev–Trinajstić information content (AvgIpc) is 2.61. The van der Waals surface area contributed by atoms with Crippen LogP contribution in [-0.4, -0.2) is 0 Å². The van der Waals surface area contributed by atoms with E-state index < -0.39 is 0 Å². The number of rotatable bonds is 1. The van der Waals surface area contributed by atoms with Gasteiger partial charge >= 0.3 is 0 Å². The summed E-state index contributed by atoms with van der Waals surface area (Å²) < 4.78 is 11.5. The lowest BCUT2D eigenvalue weighted by Gasteiger charge is -2.05. The molecule has 0 amide bonds. The van der Waals surface area contributed by atoms with Crippen molar-refractivity contribution >= 4 is 27.3 Å². The van der Waals surface area contributed by atoms with Crippen LogP contribution in [-0.2, 0) is 9.47 Å². The van der Waals surface area contributed by atoms with Crippen molar-refractivity contribution in [1.82, 2.24) is 0 Å². The second-order valence-corrected chi connectivity index (χ2v) is 4.88. The Hall–Kier alpha value is -0.480. The van der Waals surface area contributed by atoms with Gasteiger partial charge in [-0.05, 0) is 34.5 Å². The third-order valence-electron chi connectivity index (χ3n) is 1.57. The summed E-state index contributed by atoms with van der Waals surface area (Å²) in [6.07, 6.45) is 2.89. The Labute approximate surface area is 82.9 Å². The van der Waals surface area contributed by atoms with Gasteiger partial charge < -0.3 is 9.47 Å². The van der Waals surface area contributed by atoms with Gasteiger partial charge in [0.25, 0.3) is 6.29 Å². The van der Waals surface area contributed by atoms with Crippen molar-refractivity contribution in [1.29, 1.82) is 0 Å². The first-order chi connectivity index (χ1) is 5.77. The highest BCUT2D eigenvalue weighted by atomic mass is 79.9. The van der Waals surface area contributed by atoms with Gasteiger partial charge in [-0.25, -0.2) is 0 Å². The van der Waals surface area contributed by atoms with E-state index in [-0.39, 0.29) is 6.29 Å². The molecule has 0 saturated carbocycles. The fraction of sp³-hybridized carbons (Fsp3) is 0.250. The maximum Gasteiger partial charge on any atom is 0.275 e. The minimum Gasteiger partial charge on any atom is -0.454 e. The monoisotopic (exact) mass is 246 g/mol. The van der Waals surface area contributed by atoms with Gasteiger partial charge in [-0.15, -0.1) is 11.3 Å². The third-order valence-corrected chi connectivity index (χ3v) is 3.73. The molecule has 0 atom stereocenters. The van der Waals surface area contributed by atoms with E-state index >= 15 is 0 Å². The molecule has 1 aromatic rings. The molecule has 4 heteroatoms. The lowest BCUT2D eigenvalue weighted by molar-refractivity contribution is -0.0217. The molecule has 0 aromatic carbocycles. The van der Waals surface area contributed by atoms with Crippen LogP contribution in [0.1, 0.15) is 16.7 Å². The molecule has 0 aliphatic carbocycles. The largest absolute Gasteiger partial charge is 0.454 e. The van der Waals surface area contributed by atoms with E-state index in [2.05, 4.69) is 22.0 Å². The van der Waals surface area contributed by atoms with Gasteiger partial charge in [-0.2, -0.15) is 0 Å². The van der Waals surface area contributed by atoms with E-state index in [1.165, 1.54) is 5.56 Å². The molecule has 1 aliphatic heterocycles. The average molecular weight is 247 g/mol. The number of halogens is 1. The number of ether oxygens (including phenoxy) is 2. The number of hydrogen-bond acceptors (Lipinski definition) is 3. The van der Waals surface area contributed by atoms with Crippen LogP contribution in [0.15, 0.2) is 22.4 Å². The van der Waals surface area contributed by atoms with E-state index in [4.69, 9.17) is 9.47 Å². The molecule has 0 bridgehead atoms. The van der Waals surface area contributed by atoms with E-state index in [1.54, 1.807) is 23.9 Å². The van der Waals surface area contributed by atoms with Crippen molar-refractivity contribution in [2.24, 2.45) is 0 Å². The molecule has 0 radical (unpaired) electrons. The van der Waals surface area contributed by atoms with Crippen molar-refractivity contribution in [3.8, 4) is 0 Å². The van der Waals surface area contributed by atoms with Crippen molar-refractivity contribution in [3.63, 3.8) is 0 Å². The fourth-order valence-electron chi connectivity index (χ4n) is 0.973. The normalized spacial score (nSPS) is 16.2. The molecular formula is C8H7BrO2S. The number of hydrogen-bond donors (Lipinski definition) is 0. The maximum atomic E-state index is 5.19. The smallest absolute Gasteiger partial charge is 0.275 e. The Morgan fingerprint density at radius 2 is 2.08 bits per heavy atom. The molecule has 0 fully saturated rings. The van der Waals surface area contributed by atoms with Crippen LogP contribution >= 0.6 is 27.3 Å². The van der Waals surface area contributed by atoms with Crippen LogP contribution in [0.25, 0.3) is 0 Å². The van der Waals surface area contributed by atoms with Gasteiger partial charge in [-0.3, -0.25) is 0 Å². The molecule has 12 heavy (non-hydrogen) atoms. The highest BCUT2D eigenvalue weighted by Gasteiger charge is 2.18. The van der Waals surface area contributed by atoms with Crippen molar-refractivity contribution in [2.45, 2.75) is 13.2 Å². The van der Waals surface area contributed by atoms with Crippen LogP contribution in [0.5, 0.6) is 0 Å². The Morgan fingerprint density at radius 1 is 1.42 bits per heavy atom. The second kappa shape index (κ2) is 3.11. The van der Waals surface area contributed by atoms with E-state index in [0.717, 1.165) is 8.66 Å². The van der Waals surface area contributed by atoms with Gasteiger partial charge in [0.05, 0.1) is 8.66 Å². The summed E-state index contributed by atoms with van der Waals surface area (Å²) in [4.78, 5) is 1.09. The third kappa shape index (κ3) is 1.36. The number of thiophene rings is 1. The molecule has 64 valence electrons. The van der Waals surface area contributed by atoms with Gasteiger partial charge in [0.2, 0.25) is 0 Å². The Morgan fingerprint density at radius 3 is 2.58 bits per heavy atom. The first kappa shape index (κ1) is 8.13. The van der Waals surface area contributed by atoms with E-state index in [9.17, 15) is 0 Å². The predicted octanol–water partition coefficient (Wildman–Crippen LogP) is 3.34. The van der Waals surface area contributed by atoms with Gasteiger partial charge in [0.15, 0.2) is 0 Å². The first-order valence-electron chi connectivity index (χ1n) is 3.49. The summed E-state index contributed by atoms with van der Waals surface area (Å²) in [6.45, 7) is 2.05. The summed E-state index contributed by atoms with van der Waals surface area (Å²) in [5.41, 5.74) is 1.22. The van der Waals surface area contributed by atoms with Gasteiger partial charge in [0, 0.05) is 0 Å². The van der Waals surface area contributed by atoms with Crippen molar-refractivity contribution < 1.29 is 9.47 Å². The first-order valence-corrected chi connectivity index (χ1v) is 5.10. The van der Waals surface area contributed by atoms with E-state index in [0.29, 0.717) is 0 Å². The molecule has 1 aromatic heterocycles. The van der Waals surface area contributed by atoms with Crippen molar-refractivity contribution in [2.75, 3.05) is 0 Å². The lowest BCUT2D eigenvalue weighted by Crippen LogP contribution is -1.93. The lowest BCUT2D eigenvalue weighted by atomic mass is 10.3. The standard InChI is InChI=1S/C8H7BrO2S/c1-5-4-6(12-7(5)9)8-10-2-3-11-8/h2-4,8H,1H3. The zero-order chi connectivity index (χ0) is 8.55. The highest BCUT2D eigenvalue weighted by molar-refractivity contribution is 9.11. The predicted molar refractivity (Wildman–Crippen MR) is 50.8 cm³/mol. The van der Waals surface area contributed by atoms with Gasteiger partial charge in [-0.1, -0.05) is 0 Å². The Bertz CT molecular complexity index is 291. The maximum absolute atomic E-state index is 5.19. The quantitative estimate of drug-likeness (QED) is 0.757. The van der Waals surface area contributed by atoms with Gasteiger partial charge in [0.1, 0.15) is 12.5 Å². The summed E-state index contributed by atoms with van der Waals surface area (Å²) in [7, 11) is 0. The molecule has 0 N–H and O–H groups in total. The molecule has 0 saturated heterocycles. The zero-order valence-electron chi connectivity index (χ0n) is 6.41. The Balaban J connectivity index is 2.23. The summed E-state index contributed by atoms with van der Waals surface area (Å²) >= 11 is 5.09. The summed E-state index contributed by atoms with van der Waals surface area (Å²) in [5, 5.41) is 0. The minimum absolute atomic E-state index is 0.236. The minimum atomic E-state index is -0.236. The highest BCUT2D eigenvalue weighted by Crippen LogP contribution is 2.35. The van der Waals surface area contributed by atoms with Crippen LogP contribution in [0.3, 0.4) is 0 Å². The second-order valence-electron chi connectivity index (χ2n) is 2.48. The summed E-state index contributed by atoms with van der Waals surface area (Å²) in [6, 6.07) is 2.06. The molecular weight excluding hydrogens is 240 g/mol. The Kier molecular flexibility index (Phi) is 2.11. The zero-order valence-corrected chi connectivity index (χ0v) is 8.81. The van der Waals surface area contributed by atoms with Crippen LogP contribution in [0.2, 0.25) is 0 Å². The SMILES string of the molecule is Cc1cc(C2OC=CO2)sc1Br. The molecule has 2 nitrogen and oxygen atoms in total. The molecule has 0 spiro atoms. The topological polar surface area (TPSA) is 18.5 Å². The van der Waals surface area contributed by atoms with Crippen molar-refractivity contribution in [3.05, 3.63) is 32.8 Å². The fourth-order valence-corrected chi connectivity index (χ4v) is 2.52. The molecule has 2 rings (SSSR count). The molecule has 2 heterocycles. The number of aryl methyl sites for hydroxylation is 1. The van der Waals surface area contributed by atoms with Crippen LogP contribution in [0.4, 0.5) is 0 Å². The van der Waals surface area contributed by atoms with Crippen LogP contribution < -0.4 is 0 Å². The molecule has 1 aliphatic rings. The molecule has 0 unspecified atom stereocenters. The van der Waals surface area contributed by atoms with Crippen LogP contribution in [0, 0.1) is 6.92 Å².